The highest BCUT2D eigenvalue weighted by atomic mass is 19.4. The van der Waals surface area contributed by atoms with Gasteiger partial charge in [-0.15, -0.1) is 0 Å². The third kappa shape index (κ3) is 4.46. The Bertz CT molecular complexity index is 502. The summed E-state index contributed by atoms with van der Waals surface area (Å²) in [5, 5.41) is 9.18. The molecule has 2 rings (SSSR count). The molecule has 0 saturated carbocycles. The van der Waals surface area contributed by atoms with Crippen LogP contribution in [0, 0.1) is 0 Å². The Morgan fingerprint density at radius 2 is 2.05 bits per heavy atom. The smallest absolute Gasteiger partial charge is 0.389 e. The molecular weight excluding hydrogens is 283 g/mol. The molecule has 1 aliphatic heterocycles. The van der Waals surface area contributed by atoms with Crippen LogP contribution in [0.3, 0.4) is 0 Å². The van der Waals surface area contributed by atoms with Crippen LogP contribution in [0.5, 0.6) is 0 Å². The van der Waals surface area contributed by atoms with Crippen LogP contribution in [0.15, 0.2) is 24.3 Å². The maximum atomic E-state index is 12.1. The SMILES string of the molecule is O=C(O)c1ccccc1[C@@H]1CCN(CCCC(F)(F)F)C1. The lowest BCUT2D eigenvalue weighted by Crippen LogP contribution is -2.23. The zero-order valence-electron chi connectivity index (χ0n) is 11.6. The number of nitrogens with zero attached hydrogens (tertiary/aromatic N) is 1. The minimum Gasteiger partial charge on any atom is -0.478 e. The molecule has 0 amide bonds. The van der Waals surface area contributed by atoms with Crippen molar-refractivity contribution in [3.05, 3.63) is 35.4 Å². The summed E-state index contributed by atoms with van der Waals surface area (Å²) in [6, 6.07) is 6.86. The molecule has 3 nitrogen and oxygen atoms in total. The second-order valence-electron chi connectivity index (χ2n) is 5.40. The van der Waals surface area contributed by atoms with E-state index in [1.54, 1.807) is 24.3 Å². The molecule has 1 aliphatic rings. The first-order valence-corrected chi connectivity index (χ1v) is 6.98. The van der Waals surface area contributed by atoms with Crippen molar-refractivity contribution in [3.63, 3.8) is 0 Å². The van der Waals surface area contributed by atoms with Crippen LogP contribution >= 0.6 is 0 Å². The second-order valence-corrected chi connectivity index (χ2v) is 5.40. The third-order valence-electron chi connectivity index (χ3n) is 3.84. The summed E-state index contributed by atoms with van der Waals surface area (Å²) in [6.45, 7) is 1.75. The van der Waals surface area contributed by atoms with E-state index in [0.29, 0.717) is 18.7 Å². The minimum atomic E-state index is -4.10. The Hall–Kier alpha value is -1.56. The van der Waals surface area contributed by atoms with Crippen molar-refractivity contribution in [1.29, 1.82) is 0 Å². The summed E-state index contributed by atoms with van der Waals surface area (Å²) in [4.78, 5) is 13.2. The molecule has 0 bridgehead atoms. The Morgan fingerprint density at radius 3 is 2.71 bits per heavy atom. The van der Waals surface area contributed by atoms with Gasteiger partial charge in [0.05, 0.1) is 5.56 Å². The Labute approximate surface area is 121 Å². The van der Waals surface area contributed by atoms with Gasteiger partial charge in [-0.1, -0.05) is 18.2 Å². The van der Waals surface area contributed by atoms with Gasteiger partial charge in [-0.2, -0.15) is 13.2 Å². The molecule has 1 aromatic rings. The second kappa shape index (κ2) is 6.47. The molecule has 1 N–H and O–H groups in total. The first-order valence-electron chi connectivity index (χ1n) is 6.98. The normalized spacial score (nSPS) is 19.9. The Balaban J connectivity index is 1.92. The van der Waals surface area contributed by atoms with Gasteiger partial charge in [-0.25, -0.2) is 4.79 Å². The number of carbonyl (C=O) groups is 1. The van der Waals surface area contributed by atoms with E-state index < -0.39 is 18.6 Å². The van der Waals surface area contributed by atoms with Crippen LogP contribution in [0.1, 0.15) is 41.1 Å². The van der Waals surface area contributed by atoms with Gasteiger partial charge in [0.25, 0.3) is 0 Å². The number of hydrogen-bond donors (Lipinski definition) is 1. The van der Waals surface area contributed by atoms with E-state index in [1.807, 2.05) is 4.90 Å². The minimum absolute atomic E-state index is 0.0863. The summed E-state index contributed by atoms with van der Waals surface area (Å²) >= 11 is 0. The fourth-order valence-electron chi connectivity index (χ4n) is 2.84. The maximum absolute atomic E-state index is 12.1. The van der Waals surface area contributed by atoms with E-state index in [2.05, 4.69) is 0 Å². The van der Waals surface area contributed by atoms with Crippen LogP contribution in [-0.4, -0.2) is 41.8 Å². The number of rotatable bonds is 5. The van der Waals surface area contributed by atoms with E-state index >= 15 is 0 Å². The van der Waals surface area contributed by atoms with Crippen LogP contribution in [0.2, 0.25) is 0 Å². The van der Waals surface area contributed by atoms with Crippen molar-refractivity contribution in [1.82, 2.24) is 4.90 Å². The quantitative estimate of drug-likeness (QED) is 0.904. The zero-order valence-corrected chi connectivity index (χ0v) is 11.6. The van der Waals surface area contributed by atoms with E-state index in [1.165, 1.54) is 0 Å². The number of aromatic carboxylic acids is 1. The molecule has 6 heteroatoms. The molecule has 1 atom stereocenters. The van der Waals surface area contributed by atoms with Crippen molar-refractivity contribution in [2.75, 3.05) is 19.6 Å². The predicted molar refractivity (Wildman–Crippen MR) is 72.5 cm³/mol. The highest BCUT2D eigenvalue weighted by Crippen LogP contribution is 2.30. The van der Waals surface area contributed by atoms with Gasteiger partial charge >= 0.3 is 12.1 Å². The molecule has 0 aliphatic carbocycles. The standard InChI is InChI=1S/C15H18F3NO2/c16-15(17,18)7-3-8-19-9-6-11(10-19)12-4-1-2-5-13(12)14(20)21/h1-2,4-5,11H,3,6-10H2,(H,20,21)/t11-/m1/s1. The number of halogens is 3. The van der Waals surface area contributed by atoms with Crippen LogP contribution in [-0.2, 0) is 0 Å². The molecule has 1 heterocycles. The fraction of sp³-hybridized carbons (Fsp3) is 0.533. The fourth-order valence-corrected chi connectivity index (χ4v) is 2.84. The number of carboxylic acids is 1. The van der Waals surface area contributed by atoms with Crippen molar-refractivity contribution in [3.8, 4) is 0 Å². The average Bonchev–Trinajstić information content (AvgIpc) is 2.86. The lowest BCUT2D eigenvalue weighted by molar-refractivity contribution is -0.136. The molecule has 0 aromatic heterocycles. The monoisotopic (exact) mass is 301 g/mol. The van der Waals surface area contributed by atoms with Gasteiger partial charge in [-0.3, -0.25) is 0 Å². The van der Waals surface area contributed by atoms with Crippen molar-refractivity contribution in [2.45, 2.75) is 31.4 Å². The van der Waals surface area contributed by atoms with E-state index in [4.69, 9.17) is 0 Å². The first kappa shape index (κ1) is 15.8. The molecule has 116 valence electrons. The molecule has 0 unspecified atom stereocenters. The van der Waals surface area contributed by atoms with Crippen molar-refractivity contribution >= 4 is 5.97 Å². The summed E-state index contributed by atoms with van der Waals surface area (Å²) in [5.41, 5.74) is 1.07. The molecule has 0 spiro atoms. The number of carboxylic acid groups (broad SMARTS) is 1. The topological polar surface area (TPSA) is 40.5 Å². The third-order valence-corrected chi connectivity index (χ3v) is 3.84. The van der Waals surface area contributed by atoms with Gasteiger partial charge < -0.3 is 10.0 Å². The van der Waals surface area contributed by atoms with E-state index in [0.717, 1.165) is 18.5 Å². The highest BCUT2D eigenvalue weighted by Gasteiger charge is 2.29. The van der Waals surface area contributed by atoms with Gasteiger partial charge in [0.2, 0.25) is 0 Å². The highest BCUT2D eigenvalue weighted by molar-refractivity contribution is 5.89. The Kier molecular flexibility index (Phi) is 4.88. The summed E-state index contributed by atoms with van der Waals surface area (Å²) in [5.74, 6) is -0.871. The van der Waals surface area contributed by atoms with Crippen molar-refractivity contribution < 1.29 is 23.1 Å². The lowest BCUT2D eigenvalue weighted by atomic mass is 9.93. The molecule has 1 saturated heterocycles. The number of hydrogen-bond acceptors (Lipinski definition) is 2. The van der Waals surface area contributed by atoms with Crippen LogP contribution < -0.4 is 0 Å². The number of likely N-dealkylation sites (tertiary alicyclic amines) is 1. The average molecular weight is 301 g/mol. The molecule has 21 heavy (non-hydrogen) atoms. The summed E-state index contributed by atoms with van der Waals surface area (Å²) in [6.07, 6.45) is -3.98. The molecular formula is C15H18F3NO2. The molecule has 0 radical (unpaired) electrons. The van der Waals surface area contributed by atoms with Crippen LogP contribution in [0.4, 0.5) is 13.2 Å². The van der Waals surface area contributed by atoms with E-state index in [9.17, 15) is 23.1 Å². The molecule has 1 aromatic carbocycles. The first-order chi connectivity index (χ1) is 9.87. The van der Waals surface area contributed by atoms with Gasteiger partial charge in [0, 0.05) is 13.0 Å². The Morgan fingerprint density at radius 1 is 1.33 bits per heavy atom. The predicted octanol–water partition coefficient (Wildman–Crippen LogP) is 3.52. The lowest BCUT2D eigenvalue weighted by Gasteiger charge is -2.17. The van der Waals surface area contributed by atoms with Gasteiger partial charge in [-0.05, 0) is 43.5 Å². The van der Waals surface area contributed by atoms with Gasteiger partial charge in [0.15, 0.2) is 0 Å². The summed E-state index contributed by atoms with van der Waals surface area (Å²) in [7, 11) is 0. The summed E-state index contributed by atoms with van der Waals surface area (Å²) < 4.78 is 36.4. The van der Waals surface area contributed by atoms with E-state index in [-0.39, 0.29) is 12.3 Å². The number of alkyl halides is 3. The van der Waals surface area contributed by atoms with Crippen LogP contribution in [0.25, 0.3) is 0 Å². The van der Waals surface area contributed by atoms with Gasteiger partial charge in [0.1, 0.15) is 0 Å². The van der Waals surface area contributed by atoms with Crippen molar-refractivity contribution in [2.24, 2.45) is 0 Å². The maximum Gasteiger partial charge on any atom is 0.389 e. The zero-order chi connectivity index (χ0) is 15.5. The molecule has 1 fully saturated rings. The largest absolute Gasteiger partial charge is 0.478 e. The number of benzene rings is 1.